The van der Waals surface area contributed by atoms with Gasteiger partial charge < -0.3 is 5.11 Å². The SMILES string of the molecule is N#Cc1ccc(C(O)CI)cc1. The molecule has 0 aliphatic heterocycles. The quantitative estimate of drug-likeness (QED) is 0.661. The van der Waals surface area contributed by atoms with Crippen LogP contribution in [0.3, 0.4) is 0 Å². The van der Waals surface area contributed by atoms with E-state index in [0.29, 0.717) is 9.99 Å². The van der Waals surface area contributed by atoms with Gasteiger partial charge in [-0.1, -0.05) is 34.7 Å². The van der Waals surface area contributed by atoms with Gasteiger partial charge in [0.05, 0.1) is 17.7 Å². The van der Waals surface area contributed by atoms with Crippen molar-refractivity contribution in [1.82, 2.24) is 0 Å². The van der Waals surface area contributed by atoms with Gasteiger partial charge in [0.1, 0.15) is 0 Å². The zero-order valence-corrected chi connectivity index (χ0v) is 8.52. The lowest BCUT2D eigenvalue weighted by molar-refractivity contribution is 0.207. The summed E-state index contributed by atoms with van der Waals surface area (Å²) >= 11 is 2.12. The first-order valence-electron chi connectivity index (χ1n) is 3.52. The van der Waals surface area contributed by atoms with Crippen LogP contribution in [0.15, 0.2) is 24.3 Å². The molecule has 1 aromatic carbocycles. The maximum atomic E-state index is 9.40. The summed E-state index contributed by atoms with van der Waals surface area (Å²) in [5.74, 6) is 0. The largest absolute Gasteiger partial charge is 0.388 e. The molecule has 62 valence electrons. The van der Waals surface area contributed by atoms with E-state index < -0.39 is 6.10 Å². The molecule has 0 heterocycles. The van der Waals surface area contributed by atoms with Crippen LogP contribution in [0, 0.1) is 11.3 Å². The Kier molecular flexibility index (Phi) is 3.50. The number of aliphatic hydroxyl groups is 1. The Labute approximate surface area is 85.0 Å². The van der Waals surface area contributed by atoms with Crippen molar-refractivity contribution in [2.75, 3.05) is 4.43 Å². The van der Waals surface area contributed by atoms with Crippen molar-refractivity contribution >= 4 is 22.6 Å². The number of rotatable bonds is 2. The van der Waals surface area contributed by atoms with Crippen molar-refractivity contribution in [3.63, 3.8) is 0 Å². The highest BCUT2D eigenvalue weighted by atomic mass is 127. The van der Waals surface area contributed by atoms with Gasteiger partial charge in [-0.25, -0.2) is 0 Å². The zero-order valence-electron chi connectivity index (χ0n) is 6.37. The van der Waals surface area contributed by atoms with Gasteiger partial charge in [0.2, 0.25) is 0 Å². The van der Waals surface area contributed by atoms with Gasteiger partial charge >= 0.3 is 0 Å². The molecule has 2 nitrogen and oxygen atoms in total. The average molecular weight is 273 g/mol. The fourth-order valence-corrected chi connectivity index (χ4v) is 1.38. The summed E-state index contributed by atoms with van der Waals surface area (Å²) in [5.41, 5.74) is 1.49. The van der Waals surface area contributed by atoms with E-state index in [1.165, 1.54) is 0 Å². The molecule has 1 rings (SSSR count). The molecule has 0 saturated heterocycles. The second-order valence-electron chi connectivity index (χ2n) is 2.40. The van der Waals surface area contributed by atoms with Crippen molar-refractivity contribution in [3.8, 4) is 6.07 Å². The molecular weight excluding hydrogens is 265 g/mol. The predicted octanol–water partition coefficient (Wildman–Crippen LogP) is 2.03. The third kappa shape index (κ3) is 2.19. The third-order valence-corrected chi connectivity index (χ3v) is 2.41. The molecule has 0 bridgehead atoms. The van der Waals surface area contributed by atoms with Crippen LogP contribution in [0.5, 0.6) is 0 Å². The molecule has 0 aliphatic rings. The highest BCUT2D eigenvalue weighted by Gasteiger charge is 2.03. The third-order valence-electron chi connectivity index (χ3n) is 1.57. The maximum absolute atomic E-state index is 9.40. The molecule has 0 fully saturated rings. The summed E-state index contributed by atoms with van der Waals surface area (Å²) in [4.78, 5) is 0. The topological polar surface area (TPSA) is 44.0 Å². The number of benzene rings is 1. The van der Waals surface area contributed by atoms with Crippen LogP contribution in [-0.4, -0.2) is 9.53 Å². The van der Waals surface area contributed by atoms with Gasteiger partial charge in [-0.3, -0.25) is 0 Å². The van der Waals surface area contributed by atoms with Crippen LogP contribution in [0.25, 0.3) is 0 Å². The number of nitrogens with zero attached hydrogens (tertiary/aromatic N) is 1. The van der Waals surface area contributed by atoms with Crippen LogP contribution in [0.4, 0.5) is 0 Å². The summed E-state index contributed by atoms with van der Waals surface area (Å²) in [6.07, 6.45) is -0.418. The van der Waals surface area contributed by atoms with E-state index in [4.69, 9.17) is 5.26 Å². The van der Waals surface area contributed by atoms with Gasteiger partial charge in [0, 0.05) is 4.43 Å². The first kappa shape index (κ1) is 9.49. The van der Waals surface area contributed by atoms with E-state index in [2.05, 4.69) is 22.6 Å². The molecule has 1 aromatic rings. The van der Waals surface area contributed by atoms with Crippen LogP contribution >= 0.6 is 22.6 Å². The maximum Gasteiger partial charge on any atom is 0.0991 e. The van der Waals surface area contributed by atoms with E-state index in [1.54, 1.807) is 24.3 Å². The predicted molar refractivity (Wildman–Crippen MR) is 55.0 cm³/mol. The lowest BCUT2D eigenvalue weighted by Crippen LogP contribution is -1.97. The standard InChI is InChI=1S/C9H8INO/c10-5-9(12)8-3-1-7(6-11)2-4-8/h1-4,9,12H,5H2. The number of alkyl halides is 1. The first-order valence-corrected chi connectivity index (χ1v) is 5.04. The minimum absolute atomic E-state index is 0.418. The van der Waals surface area contributed by atoms with Crippen molar-refractivity contribution < 1.29 is 5.11 Å². The minimum atomic E-state index is -0.418. The zero-order chi connectivity index (χ0) is 8.97. The number of halogens is 1. The molecule has 0 aliphatic carbocycles. The summed E-state index contributed by atoms with van der Waals surface area (Å²) in [7, 11) is 0. The summed E-state index contributed by atoms with van der Waals surface area (Å²) in [6.45, 7) is 0. The molecule has 0 saturated carbocycles. The minimum Gasteiger partial charge on any atom is -0.388 e. The van der Waals surface area contributed by atoms with Gasteiger partial charge in [-0.15, -0.1) is 0 Å². The number of hydrogen-bond donors (Lipinski definition) is 1. The number of aliphatic hydroxyl groups excluding tert-OH is 1. The fraction of sp³-hybridized carbons (Fsp3) is 0.222. The summed E-state index contributed by atoms with van der Waals surface area (Å²) in [5, 5.41) is 17.9. The Morgan fingerprint density at radius 3 is 2.42 bits per heavy atom. The lowest BCUT2D eigenvalue weighted by Gasteiger charge is -2.05. The molecule has 0 spiro atoms. The van der Waals surface area contributed by atoms with Crippen LogP contribution in [0.1, 0.15) is 17.2 Å². The van der Waals surface area contributed by atoms with Gasteiger partial charge in [0.15, 0.2) is 0 Å². The van der Waals surface area contributed by atoms with E-state index >= 15 is 0 Å². The van der Waals surface area contributed by atoms with Gasteiger partial charge in [-0.2, -0.15) is 5.26 Å². The molecular formula is C9H8INO. The van der Waals surface area contributed by atoms with Crippen molar-refractivity contribution in [3.05, 3.63) is 35.4 Å². The Morgan fingerprint density at radius 2 is 2.00 bits per heavy atom. The molecule has 12 heavy (non-hydrogen) atoms. The summed E-state index contributed by atoms with van der Waals surface area (Å²) in [6, 6.07) is 9.01. The average Bonchev–Trinajstić information content (AvgIpc) is 2.17. The highest BCUT2D eigenvalue weighted by molar-refractivity contribution is 14.1. The Hall–Kier alpha value is -0.600. The van der Waals surface area contributed by atoms with Crippen molar-refractivity contribution in [2.24, 2.45) is 0 Å². The Balaban J connectivity index is 2.86. The van der Waals surface area contributed by atoms with E-state index in [9.17, 15) is 5.11 Å². The number of hydrogen-bond acceptors (Lipinski definition) is 2. The second-order valence-corrected chi connectivity index (χ2v) is 3.28. The Bertz CT molecular complexity index is 288. The van der Waals surface area contributed by atoms with Gasteiger partial charge in [0.25, 0.3) is 0 Å². The molecule has 1 N–H and O–H groups in total. The highest BCUT2D eigenvalue weighted by Crippen LogP contribution is 2.15. The summed E-state index contributed by atoms with van der Waals surface area (Å²) < 4.78 is 0.670. The second kappa shape index (κ2) is 4.43. The molecule has 0 radical (unpaired) electrons. The van der Waals surface area contributed by atoms with E-state index in [1.807, 2.05) is 6.07 Å². The smallest absolute Gasteiger partial charge is 0.0991 e. The van der Waals surface area contributed by atoms with Crippen molar-refractivity contribution in [1.29, 1.82) is 5.26 Å². The Morgan fingerprint density at radius 1 is 1.42 bits per heavy atom. The van der Waals surface area contributed by atoms with Gasteiger partial charge in [-0.05, 0) is 17.7 Å². The monoisotopic (exact) mass is 273 g/mol. The lowest BCUT2D eigenvalue weighted by atomic mass is 10.1. The molecule has 1 atom stereocenters. The fourth-order valence-electron chi connectivity index (χ4n) is 0.869. The van der Waals surface area contributed by atoms with Crippen LogP contribution in [-0.2, 0) is 0 Å². The van der Waals surface area contributed by atoms with E-state index in [0.717, 1.165) is 5.56 Å². The normalized spacial score (nSPS) is 12.1. The van der Waals surface area contributed by atoms with Crippen LogP contribution < -0.4 is 0 Å². The molecule has 1 unspecified atom stereocenters. The molecule has 3 heteroatoms. The number of nitriles is 1. The van der Waals surface area contributed by atoms with Crippen molar-refractivity contribution in [2.45, 2.75) is 6.10 Å². The van der Waals surface area contributed by atoms with Crippen LogP contribution in [0.2, 0.25) is 0 Å². The molecule has 0 aromatic heterocycles. The molecule has 0 amide bonds. The first-order chi connectivity index (χ1) is 5.77. The van der Waals surface area contributed by atoms with E-state index in [-0.39, 0.29) is 0 Å².